The predicted molar refractivity (Wildman–Crippen MR) is 69.6 cm³/mol. The van der Waals surface area contributed by atoms with Gasteiger partial charge in [-0.05, 0) is 13.0 Å². The van der Waals surface area contributed by atoms with Crippen LogP contribution < -0.4 is 10.6 Å². The van der Waals surface area contributed by atoms with Gasteiger partial charge in [0, 0.05) is 26.0 Å². The molecule has 0 saturated carbocycles. The van der Waals surface area contributed by atoms with Gasteiger partial charge in [-0.3, -0.25) is 14.5 Å². The standard InChI is InChI=1S/C12H15N5O/c1-3-14-11-7-13-5-4-10(11)12(18)16-9-6-15-17(2)8-9/h4-8,14H,3H2,1-2H3,(H,16,18). The number of nitrogens with one attached hydrogen (secondary N) is 2. The zero-order chi connectivity index (χ0) is 13.0. The molecule has 94 valence electrons. The molecule has 0 fully saturated rings. The Morgan fingerprint density at radius 1 is 1.44 bits per heavy atom. The molecule has 0 spiro atoms. The fourth-order valence-electron chi connectivity index (χ4n) is 1.61. The highest BCUT2D eigenvalue weighted by Crippen LogP contribution is 2.15. The third-order valence-electron chi connectivity index (χ3n) is 2.40. The van der Waals surface area contributed by atoms with Crippen molar-refractivity contribution < 1.29 is 4.79 Å². The molecular formula is C12H15N5O. The first-order valence-corrected chi connectivity index (χ1v) is 5.68. The van der Waals surface area contributed by atoms with Crippen LogP contribution in [0.15, 0.2) is 30.9 Å². The van der Waals surface area contributed by atoms with E-state index in [1.165, 1.54) is 0 Å². The predicted octanol–water partition coefficient (Wildman–Crippen LogP) is 1.50. The zero-order valence-corrected chi connectivity index (χ0v) is 10.3. The van der Waals surface area contributed by atoms with Gasteiger partial charge in [-0.25, -0.2) is 0 Å². The van der Waals surface area contributed by atoms with Gasteiger partial charge in [-0.15, -0.1) is 0 Å². The van der Waals surface area contributed by atoms with E-state index in [2.05, 4.69) is 20.7 Å². The number of hydrogen-bond acceptors (Lipinski definition) is 4. The van der Waals surface area contributed by atoms with Crippen LogP contribution in [-0.4, -0.2) is 27.2 Å². The van der Waals surface area contributed by atoms with E-state index in [0.717, 1.165) is 12.2 Å². The topological polar surface area (TPSA) is 71.8 Å². The molecule has 6 nitrogen and oxygen atoms in total. The van der Waals surface area contributed by atoms with E-state index in [4.69, 9.17) is 0 Å². The Morgan fingerprint density at radius 2 is 2.28 bits per heavy atom. The fraction of sp³-hybridized carbons (Fsp3) is 0.250. The summed E-state index contributed by atoms with van der Waals surface area (Å²) >= 11 is 0. The maximum absolute atomic E-state index is 12.1. The van der Waals surface area contributed by atoms with E-state index < -0.39 is 0 Å². The molecule has 2 aromatic heterocycles. The lowest BCUT2D eigenvalue weighted by Crippen LogP contribution is -2.14. The molecule has 2 heterocycles. The van der Waals surface area contributed by atoms with Crippen molar-refractivity contribution in [3.05, 3.63) is 36.4 Å². The molecular weight excluding hydrogens is 230 g/mol. The van der Waals surface area contributed by atoms with E-state index in [1.54, 1.807) is 42.6 Å². The number of pyridine rings is 1. The molecule has 2 aromatic rings. The van der Waals surface area contributed by atoms with Crippen LogP contribution in [0.5, 0.6) is 0 Å². The van der Waals surface area contributed by atoms with Crippen LogP contribution in [0.3, 0.4) is 0 Å². The van der Waals surface area contributed by atoms with Crippen LogP contribution in [0.25, 0.3) is 0 Å². The number of aryl methyl sites for hydroxylation is 1. The van der Waals surface area contributed by atoms with Gasteiger partial charge in [0.1, 0.15) is 0 Å². The SMILES string of the molecule is CCNc1cnccc1C(=O)Nc1cnn(C)c1. The third-order valence-corrected chi connectivity index (χ3v) is 2.40. The number of anilines is 2. The quantitative estimate of drug-likeness (QED) is 0.856. The average molecular weight is 245 g/mol. The maximum Gasteiger partial charge on any atom is 0.257 e. The molecule has 2 N–H and O–H groups in total. The Bertz CT molecular complexity index is 549. The Morgan fingerprint density at radius 3 is 2.94 bits per heavy atom. The minimum Gasteiger partial charge on any atom is -0.383 e. The fourth-order valence-corrected chi connectivity index (χ4v) is 1.61. The summed E-state index contributed by atoms with van der Waals surface area (Å²) in [5.41, 5.74) is 1.96. The van der Waals surface area contributed by atoms with Gasteiger partial charge in [0.2, 0.25) is 0 Å². The maximum atomic E-state index is 12.1. The van der Waals surface area contributed by atoms with Gasteiger partial charge >= 0.3 is 0 Å². The second-order valence-electron chi connectivity index (χ2n) is 3.81. The normalized spacial score (nSPS) is 10.1. The van der Waals surface area contributed by atoms with Crippen molar-refractivity contribution in [1.29, 1.82) is 0 Å². The van der Waals surface area contributed by atoms with Gasteiger partial charge in [0.25, 0.3) is 5.91 Å². The lowest BCUT2D eigenvalue weighted by atomic mass is 10.2. The summed E-state index contributed by atoms with van der Waals surface area (Å²) in [7, 11) is 1.80. The minimum atomic E-state index is -0.179. The molecule has 0 radical (unpaired) electrons. The molecule has 2 rings (SSSR count). The van der Waals surface area contributed by atoms with Crippen LogP contribution >= 0.6 is 0 Å². The van der Waals surface area contributed by atoms with E-state index in [0.29, 0.717) is 11.3 Å². The Hall–Kier alpha value is -2.37. The first-order chi connectivity index (χ1) is 8.70. The highest BCUT2D eigenvalue weighted by molar-refractivity contribution is 6.07. The molecule has 0 aromatic carbocycles. The molecule has 0 aliphatic heterocycles. The first kappa shape index (κ1) is 12.1. The molecule has 1 amide bonds. The summed E-state index contributed by atoms with van der Waals surface area (Å²) in [4.78, 5) is 16.1. The van der Waals surface area contributed by atoms with Gasteiger partial charge in [0.15, 0.2) is 0 Å². The molecule has 0 aliphatic rings. The second kappa shape index (κ2) is 5.31. The van der Waals surface area contributed by atoms with Gasteiger partial charge in [-0.1, -0.05) is 0 Å². The molecule has 6 heteroatoms. The van der Waals surface area contributed by atoms with Crippen LogP contribution in [-0.2, 0) is 7.05 Å². The van der Waals surface area contributed by atoms with Gasteiger partial charge < -0.3 is 10.6 Å². The van der Waals surface area contributed by atoms with E-state index in [-0.39, 0.29) is 5.91 Å². The molecule has 0 aliphatic carbocycles. The summed E-state index contributed by atoms with van der Waals surface area (Å²) in [6.07, 6.45) is 6.58. The van der Waals surface area contributed by atoms with Crippen molar-refractivity contribution >= 4 is 17.3 Å². The Kier molecular flexibility index (Phi) is 3.57. The largest absolute Gasteiger partial charge is 0.383 e. The molecule has 0 unspecified atom stereocenters. The highest BCUT2D eigenvalue weighted by atomic mass is 16.1. The number of carbonyl (C=O) groups excluding carboxylic acids is 1. The zero-order valence-electron chi connectivity index (χ0n) is 10.3. The summed E-state index contributed by atoms with van der Waals surface area (Å²) in [5.74, 6) is -0.179. The van der Waals surface area contributed by atoms with Crippen molar-refractivity contribution in [1.82, 2.24) is 14.8 Å². The number of amides is 1. The summed E-state index contributed by atoms with van der Waals surface area (Å²) in [6.45, 7) is 2.70. The van der Waals surface area contributed by atoms with Crippen molar-refractivity contribution in [3.8, 4) is 0 Å². The van der Waals surface area contributed by atoms with Crippen LogP contribution in [0.1, 0.15) is 17.3 Å². The summed E-state index contributed by atoms with van der Waals surface area (Å²) in [6, 6.07) is 1.68. The number of rotatable bonds is 4. The number of carbonyl (C=O) groups is 1. The van der Waals surface area contributed by atoms with Crippen molar-refractivity contribution in [3.63, 3.8) is 0 Å². The third kappa shape index (κ3) is 2.65. The minimum absolute atomic E-state index is 0.179. The number of nitrogens with zero attached hydrogens (tertiary/aromatic N) is 3. The monoisotopic (exact) mass is 245 g/mol. The molecule has 0 bridgehead atoms. The first-order valence-electron chi connectivity index (χ1n) is 5.68. The lowest BCUT2D eigenvalue weighted by molar-refractivity contribution is 0.102. The highest BCUT2D eigenvalue weighted by Gasteiger charge is 2.11. The molecule has 0 saturated heterocycles. The smallest absolute Gasteiger partial charge is 0.257 e. The Balaban J connectivity index is 2.18. The van der Waals surface area contributed by atoms with Crippen molar-refractivity contribution in [2.24, 2.45) is 7.05 Å². The second-order valence-corrected chi connectivity index (χ2v) is 3.81. The molecule has 18 heavy (non-hydrogen) atoms. The lowest BCUT2D eigenvalue weighted by Gasteiger charge is -2.09. The van der Waals surface area contributed by atoms with Crippen molar-refractivity contribution in [2.75, 3.05) is 17.2 Å². The average Bonchev–Trinajstić information content (AvgIpc) is 2.76. The van der Waals surface area contributed by atoms with Gasteiger partial charge in [0.05, 0.1) is 29.3 Å². The number of hydrogen-bond donors (Lipinski definition) is 2. The van der Waals surface area contributed by atoms with Crippen LogP contribution in [0.4, 0.5) is 11.4 Å². The van der Waals surface area contributed by atoms with E-state index in [9.17, 15) is 4.79 Å². The van der Waals surface area contributed by atoms with Crippen LogP contribution in [0.2, 0.25) is 0 Å². The van der Waals surface area contributed by atoms with Gasteiger partial charge in [-0.2, -0.15) is 5.10 Å². The van der Waals surface area contributed by atoms with E-state index in [1.807, 2.05) is 6.92 Å². The Labute approximate surface area is 105 Å². The summed E-state index contributed by atoms with van der Waals surface area (Å²) < 4.78 is 1.63. The van der Waals surface area contributed by atoms with Crippen molar-refractivity contribution in [2.45, 2.75) is 6.92 Å². The number of aromatic nitrogens is 3. The summed E-state index contributed by atoms with van der Waals surface area (Å²) in [5, 5.41) is 9.89. The van der Waals surface area contributed by atoms with E-state index >= 15 is 0 Å². The van der Waals surface area contributed by atoms with Crippen LogP contribution in [0, 0.1) is 0 Å². The molecule has 0 atom stereocenters.